The van der Waals surface area contributed by atoms with E-state index in [2.05, 4.69) is 15.6 Å². The molecule has 0 spiro atoms. The summed E-state index contributed by atoms with van der Waals surface area (Å²) in [5.74, 6) is -0.219. The second-order valence-corrected chi connectivity index (χ2v) is 6.73. The standard InChI is InChI=1S/C18H16ClN3O2S/c19-13-7-8-14(12-4-1-9-20-17(12)13)22-16(23)6-2-10-21-18(24)15-5-3-11-25-15/h1,3-5,7-9,11H,2,6,10H2,(H,21,24)(H,22,23). The summed E-state index contributed by atoms with van der Waals surface area (Å²) < 4.78 is 0. The lowest BCUT2D eigenvalue weighted by atomic mass is 10.1. The fraction of sp³-hybridized carbons (Fsp3) is 0.167. The summed E-state index contributed by atoms with van der Waals surface area (Å²) in [4.78, 5) is 28.8. The molecule has 0 aliphatic carbocycles. The van der Waals surface area contributed by atoms with Gasteiger partial charge in [-0.1, -0.05) is 17.7 Å². The lowest BCUT2D eigenvalue weighted by Gasteiger charge is -2.09. The van der Waals surface area contributed by atoms with Crippen LogP contribution in [-0.4, -0.2) is 23.3 Å². The molecule has 0 aliphatic heterocycles. The quantitative estimate of drug-likeness (QED) is 0.639. The number of aromatic nitrogens is 1. The third-order valence-electron chi connectivity index (χ3n) is 3.61. The molecule has 0 saturated carbocycles. The topological polar surface area (TPSA) is 71.1 Å². The number of nitrogens with one attached hydrogen (secondary N) is 2. The van der Waals surface area contributed by atoms with E-state index in [4.69, 9.17) is 11.6 Å². The van der Waals surface area contributed by atoms with Crippen LogP contribution >= 0.6 is 22.9 Å². The summed E-state index contributed by atoms with van der Waals surface area (Å²) in [6.07, 6.45) is 2.54. The van der Waals surface area contributed by atoms with Gasteiger partial charge in [-0.15, -0.1) is 11.3 Å². The highest BCUT2D eigenvalue weighted by molar-refractivity contribution is 7.12. The number of halogens is 1. The van der Waals surface area contributed by atoms with E-state index < -0.39 is 0 Å². The second-order valence-electron chi connectivity index (χ2n) is 5.38. The summed E-state index contributed by atoms with van der Waals surface area (Å²) in [5, 5.41) is 8.89. The lowest BCUT2D eigenvalue weighted by Crippen LogP contribution is -2.24. The van der Waals surface area contributed by atoms with E-state index in [1.807, 2.05) is 17.5 Å². The number of thiophene rings is 1. The van der Waals surface area contributed by atoms with Gasteiger partial charge in [-0.3, -0.25) is 14.6 Å². The fourth-order valence-electron chi connectivity index (χ4n) is 2.41. The predicted molar refractivity (Wildman–Crippen MR) is 101 cm³/mol. The Morgan fingerprint density at radius 2 is 2.04 bits per heavy atom. The van der Waals surface area contributed by atoms with Crippen molar-refractivity contribution in [2.24, 2.45) is 0 Å². The molecular weight excluding hydrogens is 358 g/mol. The van der Waals surface area contributed by atoms with E-state index in [1.54, 1.807) is 30.5 Å². The Morgan fingerprint density at radius 1 is 1.16 bits per heavy atom. The molecule has 2 amide bonds. The smallest absolute Gasteiger partial charge is 0.261 e. The van der Waals surface area contributed by atoms with Gasteiger partial charge in [0, 0.05) is 24.5 Å². The number of carbonyl (C=O) groups excluding carboxylic acids is 2. The molecule has 0 fully saturated rings. The van der Waals surface area contributed by atoms with E-state index in [0.717, 1.165) is 5.39 Å². The number of carbonyl (C=O) groups is 2. The van der Waals surface area contributed by atoms with Crippen LogP contribution in [-0.2, 0) is 4.79 Å². The van der Waals surface area contributed by atoms with Crippen LogP contribution in [0, 0.1) is 0 Å². The molecule has 3 aromatic rings. The van der Waals surface area contributed by atoms with Gasteiger partial charge in [0.1, 0.15) is 0 Å². The zero-order chi connectivity index (χ0) is 17.6. The number of pyridine rings is 1. The second kappa shape index (κ2) is 8.09. The summed E-state index contributed by atoms with van der Waals surface area (Å²) in [5.41, 5.74) is 1.34. The van der Waals surface area contributed by atoms with E-state index in [9.17, 15) is 9.59 Å². The monoisotopic (exact) mass is 373 g/mol. The van der Waals surface area contributed by atoms with Crippen LogP contribution in [0.1, 0.15) is 22.5 Å². The highest BCUT2D eigenvalue weighted by atomic mass is 35.5. The van der Waals surface area contributed by atoms with E-state index in [-0.39, 0.29) is 11.8 Å². The minimum atomic E-state index is -0.113. The molecule has 25 heavy (non-hydrogen) atoms. The number of anilines is 1. The van der Waals surface area contributed by atoms with Gasteiger partial charge < -0.3 is 10.6 Å². The van der Waals surface area contributed by atoms with Gasteiger partial charge in [0.25, 0.3) is 5.91 Å². The van der Waals surface area contributed by atoms with Crippen molar-refractivity contribution in [2.45, 2.75) is 12.8 Å². The predicted octanol–water partition coefficient (Wildman–Crippen LogP) is 4.10. The molecule has 7 heteroatoms. The highest BCUT2D eigenvalue weighted by Gasteiger charge is 2.09. The summed E-state index contributed by atoms with van der Waals surface area (Å²) in [6, 6.07) is 10.8. The normalized spacial score (nSPS) is 10.6. The summed E-state index contributed by atoms with van der Waals surface area (Å²) >= 11 is 7.52. The molecule has 0 saturated heterocycles. The van der Waals surface area contributed by atoms with Crippen molar-refractivity contribution in [3.8, 4) is 0 Å². The number of benzene rings is 1. The van der Waals surface area contributed by atoms with Crippen molar-refractivity contribution in [1.29, 1.82) is 0 Å². The minimum Gasteiger partial charge on any atom is -0.351 e. The summed E-state index contributed by atoms with van der Waals surface area (Å²) in [7, 11) is 0. The average molecular weight is 374 g/mol. The molecule has 5 nitrogen and oxygen atoms in total. The Balaban J connectivity index is 1.52. The molecule has 0 unspecified atom stereocenters. The number of hydrogen-bond acceptors (Lipinski definition) is 4. The molecule has 1 aromatic carbocycles. The van der Waals surface area contributed by atoms with Gasteiger partial charge >= 0.3 is 0 Å². The maximum atomic E-state index is 12.1. The molecule has 0 radical (unpaired) electrons. The number of amides is 2. The first-order valence-electron chi connectivity index (χ1n) is 7.80. The molecule has 2 aromatic heterocycles. The largest absolute Gasteiger partial charge is 0.351 e. The van der Waals surface area contributed by atoms with Crippen molar-refractivity contribution in [1.82, 2.24) is 10.3 Å². The van der Waals surface area contributed by atoms with Gasteiger partial charge in [0.15, 0.2) is 0 Å². The van der Waals surface area contributed by atoms with Crippen molar-refractivity contribution in [2.75, 3.05) is 11.9 Å². The molecule has 2 heterocycles. The van der Waals surface area contributed by atoms with Gasteiger partial charge in [-0.25, -0.2) is 0 Å². The van der Waals surface area contributed by atoms with Crippen molar-refractivity contribution < 1.29 is 9.59 Å². The Labute approximate surface area is 154 Å². The first kappa shape index (κ1) is 17.4. The SMILES string of the molecule is O=C(CCCNC(=O)c1cccs1)Nc1ccc(Cl)c2ncccc12. The fourth-order valence-corrected chi connectivity index (χ4v) is 3.26. The van der Waals surface area contributed by atoms with Crippen LogP contribution in [0.3, 0.4) is 0 Å². The van der Waals surface area contributed by atoms with Gasteiger partial charge in [0.2, 0.25) is 5.91 Å². The van der Waals surface area contributed by atoms with E-state index in [1.165, 1.54) is 11.3 Å². The van der Waals surface area contributed by atoms with Crippen LogP contribution in [0.25, 0.3) is 10.9 Å². The van der Waals surface area contributed by atoms with E-state index in [0.29, 0.717) is 40.5 Å². The lowest BCUT2D eigenvalue weighted by molar-refractivity contribution is -0.116. The van der Waals surface area contributed by atoms with Crippen LogP contribution in [0.4, 0.5) is 5.69 Å². The van der Waals surface area contributed by atoms with Crippen molar-refractivity contribution in [3.63, 3.8) is 0 Å². The van der Waals surface area contributed by atoms with Gasteiger partial charge in [-0.2, -0.15) is 0 Å². The zero-order valence-corrected chi connectivity index (χ0v) is 14.9. The maximum Gasteiger partial charge on any atom is 0.261 e. The Kier molecular flexibility index (Phi) is 5.63. The van der Waals surface area contributed by atoms with Crippen molar-refractivity contribution in [3.05, 3.63) is 57.9 Å². The number of fused-ring (bicyclic) bond motifs is 1. The first-order valence-corrected chi connectivity index (χ1v) is 9.05. The highest BCUT2D eigenvalue weighted by Crippen LogP contribution is 2.28. The first-order chi connectivity index (χ1) is 12.1. The molecule has 0 aliphatic rings. The minimum absolute atomic E-state index is 0.106. The molecule has 0 atom stereocenters. The van der Waals surface area contributed by atoms with Crippen LogP contribution < -0.4 is 10.6 Å². The van der Waals surface area contributed by atoms with Gasteiger partial charge in [0.05, 0.1) is 21.1 Å². The molecule has 2 N–H and O–H groups in total. The van der Waals surface area contributed by atoms with Crippen LogP contribution in [0.5, 0.6) is 0 Å². The van der Waals surface area contributed by atoms with Crippen LogP contribution in [0.2, 0.25) is 5.02 Å². The molecule has 128 valence electrons. The Hall–Kier alpha value is -2.44. The third-order valence-corrected chi connectivity index (χ3v) is 4.78. The number of hydrogen-bond donors (Lipinski definition) is 2. The van der Waals surface area contributed by atoms with E-state index >= 15 is 0 Å². The average Bonchev–Trinajstić information content (AvgIpc) is 3.16. The van der Waals surface area contributed by atoms with Crippen molar-refractivity contribution >= 4 is 51.3 Å². The maximum absolute atomic E-state index is 12.1. The Morgan fingerprint density at radius 3 is 2.84 bits per heavy atom. The summed E-state index contributed by atoms with van der Waals surface area (Å²) in [6.45, 7) is 0.451. The zero-order valence-electron chi connectivity index (χ0n) is 13.3. The van der Waals surface area contributed by atoms with Gasteiger partial charge in [-0.05, 0) is 42.1 Å². The molecule has 3 rings (SSSR count). The Bertz CT molecular complexity index is 896. The number of nitrogens with zero attached hydrogens (tertiary/aromatic N) is 1. The van der Waals surface area contributed by atoms with Crippen LogP contribution in [0.15, 0.2) is 48.0 Å². The molecular formula is C18H16ClN3O2S. The molecule has 0 bridgehead atoms. The third kappa shape index (κ3) is 4.35. The number of rotatable bonds is 6.